The fourth-order valence-corrected chi connectivity index (χ4v) is 8.70. The monoisotopic (exact) mass is 1050 g/mol. The van der Waals surface area contributed by atoms with Gasteiger partial charge in [0.25, 0.3) is 5.97 Å². The molecule has 25 atom stereocenters. The maximum absolute atomic E-state index is 12.9. The van der Waals surface area contributed by atoms with Gasteiger partial charge in [-0.3, -0.25) is 14.4 Å². The minimum absolute atomic E-state index is 0.144. The van der Waals surface area contributed by atoms with Gasteiger partial charge in [0, 0.05) is 27.4 Å². The summed E-state index contributed by atoms with van der Waals surface area (Å²) in [6.45, 7) is 1.66. The normalized spacial score (nSPS) is 43.5. The van der Waals surface area contributed by atoms with E-state index >= 15 is 0 Å². The quantitative estimate of drug-likeness (QED) is 0.0475. The molecule has 72 heavy (non-hydrogen) atoms. The van der Waals surface area contributed by atoms with Gasteiger partial charge < -0.3 is 135 Å². The Balaban J connectivity index is 0.00000271. The average molecular weight is 1050 g/mol. The average Bonchev–Trinajstić information content (AvgIpc) is 3.33. The number of aliphatic carboxylic acids is 1. The second-order valence-electron chi connectivity index (χ2n) is 18.0. The van der Waals surface area contributed by atoms with Crippen molar-refractivity contribution in [2.45, 2.75) is 207 Å². The molecule has 5 rings (SSSR count). The first-order chi connectivity index (χ1) is 34.0. The third-order valence-corrected chi connectivity index (χ3v) is 12.4. The van der Waals surface area contributed by atoms with Crippen LogP contribution in [-0.2, 0) is 61.8 Å². The van der Waals surface area contributed by atoms with Crippen molar-refractivity contribution in [2.24, 2.45) is 5.73 Å². The van der Waals surface area contributed by atoms with Crippen LogP contribution in [0, 0.1) is 0 Å². The molecule has 420 valence electrons. The lowest BCUT2D eigenvalue weighted by atomic mass is 9.93. The van der Waals surface area contributed by atoms with Crippen molar-refractivity contribution in [3.8, 4) is 0 Å². The van der Waals surface area contributed by atoms with Gasteiger partial charge >= 0.3 is 0 Å². The molecular weight excluding hydrogens is 978 g/mol. The highest BCUT2D eigenvalue weighted by Gasteiger charge is 2.58. The van der Waals surface area contributed by atoms with E-state index in [9.17, 15) is 76.0 Å². The molecule has 0 saturated carbocycles. The Hall–Kier alpha value is -2.55. The number of carbonyl (C=O) groups excluding carboxylic acids is 2. The van der Waals surface area contributed by atoms with E-state index < -0.39 is 198 Å². The van der Waals surface area contributed by atoms with Crippen molar-refractivity contribution in [1.82, 2.24) is 10.6 Å². The predicted molar refractivity (Wildman–Crippen MR) is 233 cm³/mol. The topological polar surface area (TPSA) is 477 Å². The standard InChI is InChI=1S/C40H71N3O25.C2H4O2/c1-14-23(50)27(54)29(56)38(60-14)66-33-20(13-47)64-37(22(43-16(3)49)34(33)67-39-30(57)28(55)24(51)17(10-44)61-39)68-35-25(52)18(11-45)62-40(31(35)58)65-32-19(12-46)63-36(21(26(32)53)42-15(2)48)59-9-7-5-4-6-8-41;1-2(3)4/h14,17-40,44-47,50-58H,4-13,41H2,1-3H3,(H,42,48)(H,43,49);1H3,(H,3,4)/t14-,17+,18+,19+,20+,21+,22+,23+,24-,25-,26+,27+,28-,29-,30+,31+,32+,33+,34+,35-,36+,37-,38-,39-,40-;/m0./s1. The van der Waals surface area contributed by atoms with Gasteiger partial charge in [-0.2, -0.15) is 0 Å². The largest absolute Gasteiger partial charge is 0.481 e. The summed E-state index contributed by atoms with van der Waals surface area (Å²) >= 11 is 0. The van der Waals surface area contributed by atoms with E-state index in [1.54, 1.807) is 0 Å². The molecule has 0 aliphatic carbocycles. The van der Waals surface area contributed by atoms with Crippen molar-refractivity contribution >= 4 is 17.8 Å². The first-order valence-electron chi connectivity index (χ1n) is 23.6. The van der Waals surface area contributed by atoms with Crippen LogP contribution in [0.4, 0.5) is 0 Å². The second kappa shape index (κ2) is 29.1. The van der Waals surface area contributed by atoms with E-state index in [-0.39, 0.29) is 6.61 Å². The fourth-order valence-electron chi connectivity index (χ4n) is 8.70. The number of hydrogen-bond donors (Lipinski definition) is 17. The SMILES string of the molecule is CC(=O)N[C@H]1[C@H](OCCCCCCN)O[C@H](CO)[C@@H](O[C@@H]2O[C@H](CO)[C@H](O)[C@H](O[C@@H]3O[C@H](CO)[C@@H](O[C@@H]4O[C@@H](C)[C@@H](O)[C@@H](O)[C@@H]4O)[C@H](O[C@@H]4O[C@H](CO)[C@H](O)[C@H](O)[C@H]4O)[C@H]3NC(C)=O)[C@H]2O)[C@@H]1O.CC(=O)O. The van der Waals surface area contributed by atoms with Gasteiger partial charge in [-0.25, -0.2) is 0 Å². The molecule has 0 unspecified atom stereocenters. The summed E-state index contributed by atoms with van der Waals surface area (Å²) < 4.78 is 59.1. The van der Waals surface area contributed by atoms with Gasteiger partial charge in [0.05, 0.1) is 32.5 Å². The molecule has 30 heteroatoms. The zero-order valence-electron chi connectivity index (χ0n) is 40.2. The van der Waals surface area contributed by atoms with Crippen LogP contribution in [0.5, 0.6) is 0 Å². The second-order valence-corrected chi connectivity index (χ2v) is 18.0. The third-order valence-electron chi connectivity index (χ3n) is 12.4. The van der Waals surface area contributed by atoms with Crippen molar-refractivity contribution in [2.75, 3.05) is 39.6 Å². The molecule has 18 N–H and O–H groups in total. The third kappa shape index (κ3) is 15.8. The van der Waals surface area contributed by atoms with E-state index in [1.807, 2.05) is 0 Å². The van der Waals surface area contributed by atoms with E-state index in [1.165, 1.54) is 13.8 Å². The Morgan fingerprint density at radius 1 is 0.458 bits per heavy atom. The number of amides is 2. The summed E-state index contributed by atoms with van der Waals surface area (Å²) in [4.78, 5) is 34.2. The number of carbonyl (C=O) groups is 3. The maximum atomic E-state index is 12.9. The van der Waals surface area contributed by atoms with Crippen LogP contribution >= 0.6 is 0 Å². The van der Waals surface area contributed by atoms with Gasteiger partial charge in [0.15, 0.2) is 31.5 Å². The summed E-state index contributed by atoms with van der Waals surface area (Å²) in [5.41, 5.74) is 5.56. The Kier molecular flexibility index (Phi) is 25.1. The highest BCUT2D eigenvalue weighted by atomic mass is 16.8. The number of ether oxygens (including phenoxy) is 10. The van der Waals surface area contributed by atoms with Gasteiger partial charge in [-0.15, -0.1) is 0 Å². The zero-order chi connectivity index (χ0) is 53.7. The molecule has 0 aromatic heterocycles. The highest BCUT2D eigenvalue weighted by Crippen LogP contribution is 2.37. The van der Waals surface area contributed by atoms with Gasteiger partial charge in [0.2, 0.25) is 11.8 Å². The van der Waals surface area contributed by atoms with E-state index in [2.05, 4.69) is 10.6 Å². The maximum Gasteiger partial charge on any atom is 0.300 e. The summed E-state index contributed by atoms with van der Waals surface area (Å²) in [5.74, 6) is -2.26. The van der Waals surface area contributed by atoms with Crippen LogP contribution in [0.1, 0.15) is 53.4 Å². The first-order valence-corrected chi connectivity index (χ1v) is 23.6. The lowest BCUT2D eigenvalue weighted by molar-refractivity contribution is -0.390. The summed E-state index contributed by atoms with van der Waals surface area (Å²) in [5, 5.41) is 153. The van der Waals surface area contributed by atoms with Crippen LogP contribution in [0.3, 0.4) is 0 Å². The van der Waals surface area contributed by atoms with E-state index in [0.29, 0.717) is 13.0 Å². The lowest BCUT2D eigenvalue weighted by Crippen LogP contribution is -2.71. The molecule has 5 aliphatic rings. The van der Waals surface area contributed by atoms with Crippen LogP contribution in [0.2, 0.25) is 0 Å². The minimum Gasteiger partial charge on any atom is -0.481 e. The smallest absolute Gasteiger partial charge is 0.300 e. The molecule has 30 nitrogen and oxygen atoms in total. The van der Waals surface area contributed by atoms with Crippen molar-refractivity contribution < 1.29 is 133 Å². The molecule has 0 aromatic rings. The summed E-state index contributed by atoms with van der Waals surface area (Å²) in [6.07, 6.45) is -37.6. The Labute approximate surface area is 413 Å². The molecular formula is C42H75N3O27. The molecule has 5 saturated heterocycles. The van der Waals surface area contributed by atoms with Crippen LogP contribution in [0.15, 0.2) is 0 Å². The molecule has 0 bridgehead atoms. The Morgan fingerprint density at radius 2 is 0.889 bits per heavy atom. The van der Waals surface area contributed by atoms with E-state index in [4.69, 9.17) is 63.0 Å². The minimum atomic E-state index is -2.12. The zero-order valence-corrected chi connectivity index (χ0v) is 40.2. The van der Waals surface area contributed by atoms with Gasteiger partial charge in [-0.05, 0) is 26.3 Å². The fraction of sp³-hybridized carbons (Fsp3) is 0.929. The van der Waals surface area contributed by atoms with Gasteiger partial charge in [-0.1, -0.05) is 12.8 Å². The van der Waals surface area contributed by atoms with Crippen LogP contribution in [-0.4, -0.2) is 282 Å². The molecule has 0 aromatic carbocycles. The van der Waals surface area contributed by atoms with Gasteiger partial charge in [0.1, 0.15) is 116 Å². The number of rotatable bonds is 21. The van der Waals surface area contributed by atoms with Crippen molar-refractivity contribution in [3.05, 3.63) is 0 Å². The Morgan fingerprint density at radius 3 is 1.44 bits per heavy atom. The van der Waals surface area contributed by atoms with Crippen molar-refractivity contribution in [1.29, 1.82) is 0 Å². The van der Waals surface area contributed by atoms with Crippen LogP contribution < -0.4 is 16.4 Å². The molecule has 2 amide bonds. The Bertz CT molecular complexity index is 1640. The highest BCUT2D eigenvalue weighted by molar-refractivity contribution is 5.73. The summed E-state index contributed by atoms with van der Waals surface area (Å²) in [6, 6.07) is -3.05. The van der Waals surface area contributed by atoms with Crippen molar-refractivity contribution in [3.63, 3.8) is 0 Å². The first kappa shape index (κ1) is 62.0. The van der Waals surface area contributed by atoms with Crippen LogP contribution in [0.25, 0.3) is 0 Å². The number of aliphatic hydroxyl groups is 13. The number of nitrogens with two attached hydrogens (primary N) is 1. The number of carboxylic acids is 1. The predicted octanol–water partition coefficient (Wildman–Crippen LogP) is -8.98. The summed E-state index contributed by atoms with van der Waals surface area (Å²) in [7, 11) is 0. The molecule has 5 heterocycles. The molecule has 5 aliphatic heterocycles. The number of carboxylic acid groups (broad SMARTS) is 1. The van der Waals surface area contributed by atoms with E-state index in [0.717, 1.165) is 33.1 Å². The molecule has 0 radical (unpaired) electrons. The number of unbranched alkanes of at least 4 members (excludes halogenated alkanes) is 3. The molecule has 0 spiro atoms. The molecule has 5 fully saturated rings. The number of hydrogen-bond acceptors (Lipinski definition) is 27. The number of aliphatic hydroxyl groups excluding tert-OH is 13. The lowest BCUT2D eigenvalue weighted by Gasteiger charge is -2.51. The number of nitrogens with one attached hydrogen (secondary N) is 2.